The van der Waals surface area contributed by atoms with Gasteiger partial charge in [-0.3, -0.25) is 0 Å². The summed E-state index contributed by atoms with van der Waals surface area (Å²) in [5.41, 5.74) is 8.50. The first-order valence-corrected chi connectivity index (χ1v) is 15.5. The molecule has 2 aromatic heterocycles. The first-order valence-electron chi connectivity index (χ1n) is 15.5. The van der Waals surface area contributed by atoms with Crippen molar-refractivity contribution in [3.63, 3.8) is 0 Å². The number of aromatic nitrogens is 2. The van der Waals surface area contributed by atoms with E-state index in [-0.39, 0.29) is 5.97 Å². The smallest absolute Gasteiger partial charge is 0.338 e. The van der Waals surface area contributed by atoms with Gasteiger partial charge in [-0.05, 0) is 79.8 Å². The number of rotatable bonds is 5. The molecule has 0 amide bonds. The molecule has 0 saturated heterocycles. The van der Waals surface area contributed by atoms with Crippen molar-refractivity contribution in [3.05, 3.63) is 126 Å². The van der Waals surface area contributed by atoms with Crippen LogP contribution in [-0.4, -0.2) is 21.7 Å². The number of nitrogens with zero attached hydrogens (tertiary/aromatic N) is 2. The fraction of sp³-hybridized carbons (Fsp3) is 0.205. The predicted octanol–water partition coefficient (Wildman–Crippen LogP) is 9.06. The second-order valence-electron chi connectivity index (χ2n) is 12.4. The van der Waals surface area contributed by atoms with E-state index in [1.165, 1.54) is 33.8 Å². The van der Waals surface area contributed by atoms with E-state index in [0.717, 1.165) is 47.2 Å². The molecule has 0 N–H and O–H groups in total. The second kappa shape index (κ2) is 9.60. The minimum Gasteiger partial charge on any atom is -0.462 e. The molecule has 4 nitrogen and oxygen atoms in total. The van der Waals surface area contributed by atoms with Gasteiger partial charge in [0.15, 0.2) is 0 Å². The van der Waals surface area contributed by atoms with Gasteiger partial charge in [0, 0.05) is 38.8 Å². The zero-order chi connectivity index (χ0) is 28.5. The van der Waals surface area contributed by atoms with Crippen LogP contribution in [0.1, 0.15) is 40.9 Å². The highest BCUT2D eigenvalue weighted by molar-refractivity contribution is 6.09. The minimum absolute atomic E-state index is 0.249. The number of esters is 1. The number of ether oxygens (including phenoxy) is 1. The van der Waals surface area contributed by atoms with Gasteiger partial charge in [-0.2, -0.15) is 0 Å². The number of allylic oxidation sites excluding steroid dienone is 3. The normalized spacial score (nSPS) is 20.4. The van der Waals surface area contributed by atoms with Gasteiger partial charge in [0.05, 0.1) is 28.7 Å². The van der Waals surface area contributed by atoms with Crippen LogP contribution in [0.5, 0.6) is 0 Å². The molecule has 4 heteroatoms. The molecule has 3 aliphatic carbocycles. The van der Waals surface area contributed by atoms with Crippen LogP contribution in [0, 0.1) is 17.8 Å². The van der Waals surface area contributed by atoms with Crippen molar-refractivity contribution >= 4 is 44.8 Å². The van der Waals surface area contributed by atoms with Crippen LogP contribution >= 0.6 is 0 Å². The molecule has 2 heterocycles. The van der Waals surface area contributed by atoms with E-state index >= 15 is 0 Å². The van der Waals surface area contributed by atoms with Gasteiger partial charge in [0.25, 0.3) is 0 Å². The third kappa shape index (κ3) is 3.86. The van der Waals surface area contributed by atoms with Crippen LogP contribution in [0.2, 0.25) is 0 Å². The highest BCUT2D eigenvalue weighted by atomic mass is 16.5. The van der Waals surface area contributed by atoms with Gasteiger partial charge in [-0.1, -0.05) is 78.9 Å². The van der Waals surface area contributed by atoms with E-state index in [0.29, 0.717) is 29.9 Å². The third-order valence-electron chi connectivity index (χ3n) is 9.93. The zero-order valence-electron chi connectivity index (χ0n) is 23.9. The fourth-order valence-electron chi connectivity index (χ4n) is 7.99. The third-order valence-corrected chi connectivity index (χ3v) is 9.93. The molecule has 6 aromatic rings. The van der Waals surface area contributed by atoms with Crippen LogP contribution < -0.4 is 0 Å². The van der Waals surface area contributed by atoms with Crippen molar-refractivity contribution in [1.82, 2.24) is 9.13 Å². The monoisotopic (exact) mass is 560 g/mol. The van der Waals surface area contributed by atoms with Crippen molar-refractivity contribution in [2.24, 2.45) is 17.8 Å². The number of para-hydroxylation sites is 3. The molecule has 0 spiro atoms. The van der Waals surface area contributed by atoms with Gasteiger partial charge in [0.1, 0.15) is 0 Å². The van der Waals surface area contributed by atoms with E-state index < -0.39 is 0 Å². The molecular weight excluding hydrogens is 528 g/mol. The maximum Gasteiger partial charge on any atom is 0.338 e. The second-order valence-corrected chi connectivity index (χ2v) is 12.4. The van der Waals surface area contributed by atoms with E-state index in [1.807, 2.05) is 12.1 Å². The SMILES string of the molecule is O=C(OCC1CC2C=CC1C2)c1cc(-n2c3c(c4ccccc42)C=CCC3)cc(-n2c3ccccc3c3ccccc32)c1. The molecule has 0 radical (unpaired) electrons. The highest BCUT2D eigenvalue weighted by Gasteiger charge is 2.36. The summed E-state index contributed by atoms with van der Waals surface area (Å²) in [7, 11) is 0. The average Bonchev–Trinajstić information content (AvgIpc) is 3.83. The standard InChI is InChI=1S/C39H32N2O2/c42-39(43-24-28-20-25-17-18-26(28)19-25)27-21-29(40-35-13-5-1-9-31(35)32-10-2-6-14-36(32)40)23-30(22-27)41-37-15-7-3-11-33(37)34-12-4-8-16-38(34)41/h1-7,9-15,17-18,21-23,25-26,28H,8,16,19-20,24H2. The van der Waals surface area contributed by atoms with E-state index in [2.05, 4.69) is 112 Å². The van der Waals surface area contributed by atoms with Crippen LogP contribution in [-0.2, 0) is 11.2 Å². The van der Waals surface area contributed by atoms with E-state index in [9.17, 15) is 4.79 Å². The Labute approximate surface area is 250 Å². The Morgan fingerprint density at radius 1 is 0.744 bits per heavy atom. The number of hydrogen-bond acceptors (Lipinski definition) is 2. The van der Waals surface area contributed by atoms with Crippen molar-refractivity contribution in [2.75, 3.05) is 6.61 Å². The van der Waals surface area contributed by atoms with Gasteiger partial charge in [-0.25, -0.2) is 4.79 Å². The lowest BCUT2D eigenvalue weighted by atomic mass is 9.95. The summed E-state index contributed by atoms with van der Waals surface area (Å²) >= 11 is 0. The zero-order valence-corrected chi connectivity index (χ0v) is 23.9. The van der Waals surface area contributed by atoms with Crippen LogP contribution in [0.3, 0.4) is 0 Å². The predicted molar refractivity (Wildman–Crippen MR) is 174 cm³/mol. The Morgan fingerprint density at radius 3 is 2.07 bits per heavy atom. The molecule has 9 rings (SSSR count). The lowest BCUT2D eigenvalue weighted by molar-refractivity contribution is 0.0420. The molecule has 3 unspecified atom stereocenters. The average molecular weight is 561 g/mol. The first-order chi connectivity index (χ1) is 21.2. The summed E-state index contributed by atoms with van der Waals surface area (Å²) < 4.78 is 10.7. The lowest BCUT2D eigenvalue weighted by Gasteiger charge is -2.19. The molecule has 2 bridgehead atoms. The van der Waals surface area contributed by atoms with Gasteiger partial charge in [0.2, 0.25) is 0 Å². The molecule has 3 atom stereocenters. The number of hydrogen-bond donors (Lipinski definition) is 0. The molecule has 3 aliphatic rings. The van der Waals surface area contributed by atoms with Crippen LogP contribution in [0.4, 0.5) is 0 Å². The molecule has 1 saturated carbocycles. The van der Waals surface area contributed by atoms with Crippen LogP contribution in [0.25, 0.3) is 50.2 Å². The molecule has 210 valence electrons. The van der Waals surface area contributed by atoms with Crippen LogP contribution in [0.15, 0.2) is 109 Å². The summed E-state index contributed by atoms with van der Waals surface area (Å²) in [6, 6.07) is 31.9. The molecule has 0 aliphatic heterocycles. The first kappa shape index (κ1) is 24.7. The van der Waals surface area contributed by atoms with Gasteiger partial charge >= 0.3 is 5.97 Å². The minimum atomic E-state index is -0.249. The number of fused-ring (bicyclic) bond motifs is 8. The van der Waals surface area contributed by atoms with Gasteiger partial charge in [-0.15, -0.1) is 0 Å². The summed E-state index contributed by atoms with van der Waals surface area (Å²) in [5, 5.41) is 3.64. The molecule has 4 aromatic carbocycles. The van der Waals surface area contributed by atoms with E-state index in [4.69, 9.17) is 4.74 Å². The summed E-state index contributed by atoms with van der Waals surface area (Å²) in [6.45, 7) is 0.478. The number of carbonyl (C=O) groups is 1. The fourth-order valence-corrected chi connectivity index (χ4v) is 7.99. The van der Waals surface area contributed by atoms with Gasteiger partial charge < -0.3 is 13.9 Å². The topological polar surface area (TPSA) is 36.2 Å². The molecule has 1 fully saturated rings. The summed E-state index contributed by atoms with van der Waals surface area (Å²) in [4.78, 5) is 13.9. The van der Waals surface area contributed by atoms with Crippen molar-refractivity contribution < 1.29 is 9.53 Å². The Kier molecular flexibility index (Phi) is 5.52. The Morgan fingerprint density at radius 2 is 1.40 bits per heavy atom. The highest BCUT2D eigenvalue weighted by Crippen LogP contribution is 2.43. The maximum absolute atomic E-state index is 13.9. The molecule has 43 heavy (non-hydrogen) atoms. The summed E-state index contributed by atoms with van der Waals surface area (Å²) in [6.07, 6.45) is 13.5. The lowest BCUT2D eigenvalue weighted by Crippen LogP contribution is -2.18. The van der Waals surface area contributed by atoms with Crippen molar-refractivity contribution in [2.45, 2.75) is 25.7 Å². The van der Waals surface area contributed by atoms with Crippen molar-refractivity contribution in [3.8, 4) is 11.4 Å². The maximum atomic E-state index is 13.9. The quantitative estimate of drug-likeness (QED) is 0.156. The largest absolute Gasteiger partial charge is 0.462 e. The van der Waals surface area contributed by atoms with E-state index in [1.54, 1.807) is 0 Å². The number of benzene rings is 4. The molecular formula is C39H32N2O2. The Hall–Kier alpha value is -4.83. The summed E-state index contributed by atoms with van der Waals surface area (Å²) in [5.74, 6) is 1.37. The van der Waals surface area contributed by atoms with Crippen molar-refractivity contribution in [1.29, 1.82) is 0 Å². The Bertz CT molecular complexity index is 2090. The Balaban J connectivity index is 1.24. The number of carbonyl (C=O) groups excluding carboxylic acids is 1.